The van der Waals surface area contributed by atoms with Crippen molar-refractivity contribution in [3.63, 3.8) is 0 Å². The maximum Gasteiger partial charge on any atom is 0.212 e. The summed E-state index contributed by atoms with van der Waals surface area (Å²) in [6, 6.07) is 0. The fourth-order valence-electron chi connectivity index (χ4n) is 1.73. The maximum atomic E-state index is 5.48. The lowest BCUT2D eigenvalue weighted by atomic mass is 9.92. The summed E-state index contributed by atoms with van der Waals surface area (Å²) in [6.45, 7) is 4.21. The average molecular weight is 203 g/mol. The number of hydrogen-bond acceptors (Lipinski definition) is 2. The third-order valence-corrected chi connectivity index (χ3v) is 2.46. The third-order valence-electron chi connectivity index (χ3n) is 2.46. The highest BCUT2D eigenvalue weighted by Gasteiger charge is 2.16. The molecule has 0 unspecified atom stereocenters. The molecule has 0 bridgehead atoms. The van der Waals surface area contributed by atoms with Crippen LogP contribution in [0.3, 0.4) is 0 Å². The van der Waals surface area contributed by atoms with Gasteiger partial charge < -0.3 is 4.74 Å². The first kappa shape index (κ1) is 11.6. The van der Waals surface area contributed by atoms with Gasteiger partial charge in [-0.05, 0) is 25.7 Å². The number of terminal acetylenes is 1. The molecule has 2 heteroatoms. The molecule has 80 valence electrons. The Morgan fingerprint density at radius 3 is 2.93 bits per heavy atom. The van der Waals surface area contributed by atoms with Crippen LogP contribution in [-0.2, 0) is 4.74 Å². The predicted molar refractivity (Wildman–Crippen MR) is 63.8 cm³/mol. The summed E-state index contributed by atoms with van der Waals surface area (Å²) in [4.78, 5) is 4.31. The van der Waals surface area contributed by atoms with Gasteiger partial charge in [-0.3, -0.25) is 0 Å². The molecule has 0 aromatic heterocycles. The molecular formula is C13H17NO. The van der Waals surface area contributed by atoms with Crippen LogP contribution in [0.15, 0.2) is 28.8 Å². The zero-order chi connectivity index (χ0) is 11.1. The zero-order valence-corrected chi connectivity index (χ0v) is 9.25. The first-order chi connectivity index (χ1) is 7.33. The van der Waals surface area contributed by atoms with Gasteiger partial charge in [0.15, 0.2) is 0 Å². The summed E-state index contributed by atoms with van der Waals surface area (Å²) in [6.07, 6.45) is 11.5. The minimum Gasteiger partial charge on any atom is -0.481 e. The van der Waals surface area contributed by atoms with Crippen molar-refractivity contribution in [3.8, 4) is 12.3 Å². The van der Waals surface area contributed by atoms with Crippen molar-refractivity contribution in [2.24, 2.45) is 4.99 Å². The summed E-state index contributed by atoms with van der Waals surface area (Å²) < 4.78 is 5.27. The van der Waals surface area contributed by atoms with E-state index < -0.39 is 0 Å². The fourth-order valence-corrected chi connectivity index (χ4v) is 1.73. The Morgan fingerprint density at radius 1 is 1.60 bits per heavy atom. The molecule has 0 amide bonds. The molecule has 0 heterocycles. The number of rotatable bonds is 3. The number of allylic oxidation sites excluding steroid dienone is 1. The van der Waals surface area contributed by atoms with Crippen LogP contribution < -0.4 is 0 Å². The highest BCUT2D eigenvalue weighted by Crippen LogP contribution is 2.25. The normalized spacial score (nSPS) is 17.2. The van der Waals surface area contributed by atoms with E-state index in [1.54, 1.807) is 13.2 Å². The monoisotopic (exact) mass is 203 g/mol. The zero-order valence-electron chi connectivity index (χ0n) is 9.25. The molecule has 0 saturated heterocycles. The molecule has 1 aliphatic carbocycles. The summed E-state index contributed by atoms with van der Waals surface area (Å²) in [5.41, 5.74) is 2.15. The van der Waals surface area contributed by atoms with Crippen molar-refractivity contribution in [1.82, 2.24) is 0 Å². The molecule has 0 aliphatic heterocycles. The molecule has 0 N–H and O–H groups in total. The van der Waals surface area contributed by atoms with Gasteiger partial charge in [-0.1, -0.05) is 12.0 Å². The van der Waals surface area contributed by atoms with Crippen LogP contribution in [0.2, 0.25) is 0 Å². The van der Waals surface area contributed by atoms with Crippen molar-refractivity contribution >= 4 is 5.90 Å². The standard InChI is InChI=1S/C13H17NO/c1-4-10-14-13(15-3)12-9-7-6-8-11(12)5-2/h2,4H,1,6-10H2,3H3. The van der Waals surface area contributed by atoms with Crippen LogP contribution in [0.4, 0.5) is 0 Å². The number of aliphatic imine (C=N–C) groups is 1. The van der Waals surface area contributed by atoms with Gasteiger partial charge in [-0.2, -0.15) is 0 Å². The smallest absolute Gasteiger partial charge is 0.212 e. The van der Waals surface area contributed by atoms with Gasteiger partial charge in [0.05, 0.1) is 13.7 Å². The average Bonchev–Trinajstić information content (AvgIpc) is 2.30. The maximum absolute atomic E-state index is 5.48. The Hall–Kier alpha value is -1.49. The lowest BCUT2D eigenvalue weighted by Crippen LogP contribution is -2.12. The Morgan fingerprint density at radius 2 is 2.33 bits per heavy atom. The van der Waals surface area contributed by atoms with E-state index in [-0.39, 0.29) is 0 Å². The van der Waals surface area contributed by atoms with Crippen molar-refractivity contribution in [2.45, 2.75) is 25.7 Å². The van der Waals surface area contributed by atoms with E-state index >= 15 is 0 Å². The number of ether oxygens (including phenoxy) is 1. The highest BCUT2D eigenvalue weighted by atomic mass is 16.5. The molecule has 0 radical (unpaired) electrons. The summed E-state index contributed by atoms with van der Waals surface area (Å²) in [7, 11) is 1.64. The van der Waals surface area contributed by atoms with Gasteiger partial charge in [0.25, 0.3) is 0 Å². The van der Waals surface area contributed by atoms with Crippen molar-refractivity contribution < 1.29 is 4.74 Å². The van der Waals surface area contributed by atoms with E-state index in [4.69, 9.17) is 11.2 Å². The quantitative estimate of drug-likeness (QED) is 0.299. The first-order valence-electron chi connectivity index (χ1n) is 5.21. The summed E-state index contributed by atoms with van der Waals surface area (Å²) in [5, 5.41) is 0. The molecule has 2 nitrogen and oxygen atoms in total. The van der Waals surface area contributed by atoms with Crippen LogP contribution in [0.25, 0.3) is 0 Å². The van der Waals surface area contributed by atoms with Crippen LogP contribution in [0, 0.1) is 12.3 Å². The SMILES string of the molecule is C#CC1=C(C(=NCC=C)OC)CCCC1. The first-order valence-corrected chi connectivity index (χ1v) is 5.21. The molecule has 0 fully saturated rings. The summed E-state index contributed by atoms with van der Waals surface area (Å²) >= 11 is 0. The molecule has 15 heavy (non-hydrogen) atoms. The van der Waals surface area contributed by atoms with Crippen LogP contribution in [-0.4, -0.2) is 19.6 Å². The van der Waals surface area contributed by atoms with Crippen LogP contribution >= 0.6 is 0 Å². The minimum absolute atomic E-state index is 0.574. The molecule has 0 atom stereocenters. The number of hydrogen-bond donors (Lipinski definition) is 0. The number of nitrogens with zero attached hydrogens (tertiary/aromatic N) is 1. The van der Waals surface area contributed by atoms with Crippen molar-refractivity contribution in [3.05, 3.63) is 23.8 Å². The van der Waals surface area contributed by atoms with Gasteiger partial charge in [-0.25, -0.2) is 4.99 Å². The molecule has 0 aromatic carbocycles. The molecule has 0 aromatic rings. The minimum atomic E-state index is 0.574. The van der Waals surface area contributed by atoms with E-state index in [2.05, 4.69) is 17.5 Å². The molecule has 0 spiro atoms. The largest absolute Gasteiger partial charge is 0.481 e. The molecule has 1 rings (SSSR count). The molecular weight excluding hydrogens is 186 g/mol. The second kappa shape index (κ2) is 6.08. The van der Waals surface area contributed by atoms with Crippen LogP contribution in [0.5, 0.6) is 0 Å². The Labute approximate surface area is 91.7 Å². The van der Waals surface area contributed by atoms with Gasteiger partial charge in [0, 0.05) is 11.1 Å². The van der Waals surface area contributed by atoms with E-state index in [0.29, 0.717) is 12.4 Å². The van der Waals surface area contributed by atoms with E-state index in [1.165, 1.54) is 6.42 Å². The van der Waals surface area contributed by atoms with Crippen molar-refractivity contribution in [1.29, 1.82) is 0 Å². The van der Waals surface area contributed by atoms with Gasteiger partial charge in [0.2, 0.25) is 5.90 Å². The number of methoxy groups -OCH3 is 1. The van der Waals surface area contributed by atoms with Gasteiger partial charge in [-0.15, -0.1) is 13.0 Å². The fraction of sp³-hybridized carbons (Fsp3) is 0.462. The van der Waals surface area contributed by atoms with Gasteiger partial charge >= 0.3 is 0 Å². The van der Waals surface area contributed by atoms with E-state index in [0.717, 1.165) is 30.4 Å². The molecule has 1 aliphatic rings. The van der Waals surface area contributed by atoms with Crippen molar-refractivity contribution in [2.75, 3.05) is 13.7 Å². The Kier molecular flexibility index (Phi) is 4.70. The van der Waals surface area contributed by atoms with E-state index in [1.807, 2.05) is 0 Å². The van der Waals surface area contributed by atoms with E-state index in [9.17, 15) is 0 Å². The third kappa shape index (κ3) is 2.99. The predicted octanol–water partition coefficient (Wildman–Crippen LogP) is 2.72. The van der Waals surface area contributed by atoms with Crippen LogP contribution in [0.1, 0.15) is 25.7 Å². The Bertz CT molecular complexity index is 331. The molecule has 0 saturated carbocycles. The topological polar surface area (TPSA) is 21.6 Å². The summed E-state index contributed by atoms with van der Waals surface area (Å²) in [5.74, 6) is 3.42. The second-order valence-corrected chi connectivity index (χ2v) is 3.45. The second-order valence-electron chi connectivity index (χ2n) is 3.45. The lowest BCUT2D eigenvalue weighted by Gasteiger charge is -2.17. The Balaban J connectivity index is 2.95. The lowest BCUT2D eigenvalue weighted by molar-refractivity contribution is 0.398. The van der Waals surface area contributed by atoms with Gasteiger partial charge in [0.1, 0.15) is 0 Å². The highest BCUT2D eigenvalue weighted by molar-refractivity contribution is 5.95.